The van der Waals surface area contributed by atoms with Crippen molar-refractivity contribution >= 4 is 29.2 Å². The number of thioether (sulfide) groups is 1. The van der Waals surface area contributed by atoms with Crippen LogP contribution in [0.4, 0.5) is 11.5 Å². The maximum atomic E-state index is 12.8. The van der Waals surface area contributed by atoms with Crippen molar-refractivity contribution < 1.29 is 4.79 Å². The van der Waals surface area contributed by atoms with Gasteiger partial charge in [-0.05, 0) is 37.3 Å². The molecule has 1 fully saturated rings. The number of aromatic nitrogens is 5. The average Bonchev–Trinajstić information content (AvgIpc) is 3.29. The van der Waals surface area contributed by atoms with Crippen LogP contribution in [0.2, 0.25) is 0 Å². The van der Waals surface area contributed by atoms with E-state index >= 15 is 0 Å². The molecule has 1 unspecified atom stereocenters. The number of rotatable bonds is 5. The lowest BCUT2D eigenvalue weighted by atomic mass is 9.97. The van der Waals surface area contributed by atoms with E-state index in [0.29, 0.717) is 12.4 Å². The summed E-state index contributed by atoms with van der Waals surface area (Å²) >= 11 is 1.66. The first kappa shape index (κ1) is 18.4. The van der Waals surface area contributed by atoms with E-state index in [-0.39, 0.29) is 11.8 Å². The van der Waals surface area contributed by atoms with Crippen molar-refractivity contribution in [3.8, 4) is 5.82 Å². The number of amides is 1. The molecule has 1 saturated heterocycles. The molecule has 1 atom stereocenters. The number of piperidine rings is 1. The summed E-state index contributed by atoms with van der Waals surface area (Å²) in [5.41, 5.74) is 0.837. The third kappa shape index (κ3) is 4.14. The number of carbonyl (C=O) groups is 1. The monoisotopic (exact) mass is 395 g/mol. The molecule has 28 heavy (non-hydrogen) atoms. The quantitative estimate of drug-likeness (QED) is 0.664. The number of nitrogens with zero attached hydrogens (tertiary/aromatic N) is 6. The van der Waals surface area contributed by atoms with Crippen LogP contribution in [0.25, 0.3) is 5.82 Å². The second-order valence-electron chi connectivity index (χ2n) is 6.58. The molecule has 0 aliphatic carbocycles. The summed E-state index contributed by atoms with van der Waals surface area (Å²) in [5, 5.41) is 7.17. The fraction of sp³-hybridized carbons (Fsp3) is 0.316. The van der Waals surface area contributed by atoms with Gasteiger partial charge in [-0.2, -0.15) is 5.10 Å². The molecule has 4 rings (SSSR count). The molecule has 0 bridgehead atoms. The summed E-state index contributed by atoms with van der Waals surface area (Å²) in [6, 6.07) is 9.79. The van der Waals surface area contributed by atoms with Gasteiger partial charge in [0.25, 0.3) is 0 Å². The van der Waals surface area contributed by atoms with E-state index in [1.54, 1.807) is 22.8 Å². The Hall–Kier alpha value is -2.94. The Balaban J connectivity index is 1.45. The Kier molecular flexibility index (Phi) is 5.52. The van der Waals surface area contributed by atoms with Gasteiger partial charge in [0.05, 0.1) is 5.92 Å². The first-order valence-corrected chi connectivity index (χ1v) is 10.3. The predicted molar refractivity (Wildman–Crippen MR) is 109 cm³/mol. The number of nitrogens with one attached hydrogen (secondary N) is 1. The van der Waals surface area contributed by atoms with Crippen molar-refractivity contribution in [1.29, 1.82) is 0 Å². The zero-order valence-corrected chi connectivity index (χ0v) is 16.3. The summed E-state index contributed by atoms with van der Waals surface area (Å²) in [6.07, 6.45) is 8.41. The number of hydrogen-bond donors (Lipinski definition) is 1. The first-order chi connectivity index (χ1) is 13.7. The van der Waals surface area contributed by atoms with E-state index in [0.717, 1.165) is 35.8 Å². The lowest BCUT2D eigenvalue weighted by Crippen LogP contribution is -2.41. The fourth-order valence-corrected chi connectivity index (χ4v) is 3.77. The summed E-state index contributed by atoms with van der Waals surface area (Å²) in [4.78, 5) is 28.6. The second-order valence-corrected chi connectivity index (χ2v) is 7.46. The van der Waals surface area contributed by atoms with Gasteiger partial charge < -0.3 is 10.2 Å². The summed E-state index contributed by atoms with van der Waals surface area (Å²) in [7, 11) is 0. The Labute approximate surface area is 167 Å². The van der Waals surface area contributed by atoms with Gasteiger partial charge in [0, 0.05) is 29.7 Å². The van der Waals surface area contributed by atoms with Crippen LogP contribution in [-0.2, 0) is 4.79 Å². The molecular formula is C19H21N7OS. The van der Waals surface area contributed by atoms with Crippen LogP contribution in [-0.4, -0.2) is 50.0 Å². The van der Waals surface area contributed by atoms with Crippen molar-refractivity contribution in [2.75, 3.05) is 29.6 Å². The lowest BCUT2D eigenvalue weighted by Gasteiger charge is -2.32. The highest BCUT2D eigenvalue weighted by atomic mass is 32.2. The zero-order valence-electron chi connectivity index (χ0n) is 15.5. The molecule has 1 amide bonds. The fourth-order valence-electron chi connectivity index (χ4n) is 3.31. The molecular weight excluding hydrogens is 374 g/mol. The molecule has 0 saturated carbocycles. The van der Waals surface area contributed by atoms with E-state index in [1.165, 1.54) is 12.7 Å². The van der Waals surface area contributed by atoms with Crippen LogP contribution in [0.5, 0.6) is 0 Å². The third-order valence-corrected chi connectivity index (χ3v) is 5.47. The second kappa shape index (κ2) is 8.39. The lowest BCUT2D eigenvalue weighted by molar-refractivity contribution is -0.120. The normalized spacial score (nSPS) is 16.8. The van der Waals surface area contributed by atoms with Crippen LogP contribution in [0.3, 0.4) is 0 Å². The highest BCUT2D eigenvalue weighted by Crippen LogP contribution is 2.24. The van der Waals surface area contributed by atoms with Crippen molar-refractivity contribution in [2.24, 2.45) is 5.92 Å². The zero-order chi connectivity index (χ0) is 19.3. The van der Waals surface area contributed by atoms with E-state index in [1.807, 2.05) is 36.6 Å². The van der Waals surface area contributed by atoms with Gasteiger partial charge in [0.15, 0.2) is 5.82 Å². The van der Waals surface area contributed by atoms with Gasteiger partial charge in [-0.15, -0.1) is 11.8 Å². The first-order valence-electron chi connectivity index (χ1n) is 9.10. The van der Waals surface area contributed by atoms with Crippen LogP contribution >= 0.6 is 11.8 Å². The van der Waals surface area contributed by atoms with Crippen LogP contribution < -0.4 is 10.2 Å². The SMILES string of the molecule is CSc1cccc(NC(=O)C2CCCN(c3cc(-n4cncn4)ncn3)C2)c1. The highest BCUT2D eigenvalue weighted by Gasteiger charge is 2.27. The van der Waals surface area contributed by atoms with Crippen molar-refractivity contribution in [3.63, 3.8) is 0 Å². The molecule has 1 aromatic carbocycles. The molecule has 0 radical (unpaired) electrons. The Morgan fingerprint density at radius 1 is 1.21 bits per heavy atom. The third-order valence-electron chi connectivity index (χ3n) is 4.75. The number of carbonyl (C=O) groups excluding carboxylic acids is 1. The van der Waals surface area contributed by atoms with E-state index in [2.05, 4.69) is 30.3 Å². The molecule has 1 aliphatic heterocycles. The predicted octanol–water partition coefficient (Wildman–Crippen LogP) is 2.63. The van der Waals surface area contributed by atoms with Gasteiger partial charge in [-0.25, -0.2) is 19.6 Å². The number of anilines is 2. The summed E-state index contributed by atoms with van der Waals surface area (Å²) in [6.45, 7) is 1.49. The minimum atomic E-state index is -0.0866. The molecule has 3 heterocycles. The molecule has 1 aliphatic rings. The number of benzene rings is 1. The standard InChI is InChI=1S/C19H21N7OS/c1-28-16-6-2-5-15(8-16)24-19(27)14-4-3-7-25(10-14)17-9-18(22-12-21-17)26-13-20-11-23-26/h2,5-6,8-9,11-14H,3-4,7,10H2,1H3,(H,24,27). The van der Waals surface area contributed by atoms with Crippen molar-refractivity contribution in [2.45, 2.75) is 17.7 Å². The van der Waals surface area contributed by atoms with Crippen LogP contribution in [0, 0.1) is 5.92 Å². The van der Waals surface area contributed by atoms with Crippen LogP contribution in [0.15, 0.2) is 54.2 Å². The number of hydrogen-bond acceptors (Lipinski definition) is 7. The topological polar surface area (TPSA) is 88.8 Å². The minimum Gasteiger partial charge on any atom is -0.356 e. The molecule has 1 N–H and O–H groups in total. The summed E-state index contributed by atoms with van der Waals surface area (Å²) in [5.74, 6) is 1.41. The highest BCUT2D eigenvalue weighted by molar-refractivity contribution is 7.98. The molecule has 2 aromatic heterocycles. The largest absolute Gasteiger partial charge is 0.356 e. The Morgan fingerprint density at radius 2 is 2.11 bits per heavy atom. The van der Waals surface area contributed by atoms with E-state index < -0.39 is 0 Å². The molecule has 3 aromatic rings. The summed E-state index contributed by atoms with van der Waals surface area (Å²) < 4.78 is 1.60. The Bertz CT molecular complexity index is 947. The van der Waals surface area contributed by atoms with Gasteiger partial charge >= 0.3 is 0 Å². The van der Waals surface area contributed by atoms with E-state index in [4.69, 9.17) is 0 Å². The van der Waals surface area contributed by atoms with Crippen molar-refractivity contribution in [1.82, 2.24) is 24.7 Å². The van der Waals surface area contributed by atoms with Gasteiger partial charge in [-0.1, -0.05) is 6.07 Å². The minimum absolute atomic E-state index is 0.0495. The van der Waals surface area contributed by atoms with Crippen LogP contribution in [0.1, 0.15) is 12.8 Å². The van der Waals surface area contributed by atoms with Crippen molar-refractivity contribution in [3.05, 3.63) is 49.3 Å². The van der Waals surface area contributed by atoms with Gasteiger partial charge in [0.1, 0.15) is 24.8 Å². The smallest absolute Gasteiger partial charge is 0.229 e. The molecule has 8 nitrogen and oxygen atoms in total. The molecule has 9 heteroatoms. The van der Waals surface area contributed by atoms with Gasteiger partial charge in [-0.3, -0.25) is 4.79 Å². The van der Waals surface area contributed by atoms with Gasteiger partial charge in [0.2, 0.25) is 5.91 Å². The molecule has 0 spiro atoms. The average molecular weight is 395 g/mol. The molecule has 144 valence electrons. The maximum Gasteiger partial charge on any atom is 0.229 e. The Morgan fingerprint density at radius 3 is 2.93 bits per heavy atom. The van der Waals surface area contributed by atoms with E-state index in [9.17, 15) is 4.79 Å². The maximum absolute atomic E-state index is 12.8.